The molecule has 0 unspecified atom stereocenters. The number of nitrogen functional groups attached to an aromatic ring is 1. The molecule has 1 heterocycles. The van der Waals surface area contributed by atoms with Gasteiger partial charge < -0.3 is 10.3 Å². The smallest absolute Gasteiger partial charge is 0.274 e. The van der Waals surface area contributed by atoms with Crippen LogP contribution in [0.4, 0.5) is 5.82 Å². The third-order valence-electron chi connectivity index (χ3n) is 3.81. The first-order valence-corrected chi connectivity index (χ1v) is 7.49. The number of aromatic nitrogens is 1. The van der Waals surface area contributed by atoms with Gasteiger partial charge in [0.15, 0.2) is 0 Å². The number of carbonyl (C=O) groups is 1. The number of hydrogen-bond donors (Lipinski definition) is 2. The van der Waals surface area contributed by atoms with Crippen LogP contribution < -0.4 is 11.3 Å². The quantitative estimate of drug-likeness (QED) is 0.662. The Morgan fingerprint density at radius 3 is 2.75 bits per heavy atom. The van der Waals surface area contributed by atoms with E-state index in [0.29, 0.717) is 23.4 Å². The molecule has 0 bridgehead atoms. The summed E-state index contributed by atoms with van der Waals surface area (Å²) in [6, 6.07) is 3.59. The molecular weight excluding hydrogens is 276 g/mol. The minimum absolute atomic E-state index is 0.110. The molecule has 1 aromatic rings. The molecule has 110 valence electrons. The second-order valence-electron chi connectivity index (χ2n) is 5.05. The fraction of sp³-hybridized carbons (Fsp3) is 0.571. The molecule has 0 aromatic carbocycles. The Labute approximate surface area is 124 Å². The maximum absolute atomic E-state index is 12.7. The second kappa shape index (κ2) is 6.90. The van der Waals surface area contributed by atoms with Crippen LogP contribution in [0.2, 0.25) is 5.02 Å². The highest BCUT2D eigenvalue weighted by Gasteiger charge is 2.27. The van der Waals surface area contributed by atoms with Crippen molar-refractivity contribution in [3.05, 3.63) is 22.8 Å². The Morgan fingerprint density at radius 1 is 1.45 bits per heavy atom. The van der Waals surface area contributed by atoms with E-state index >= 15 is 0 Å². The Kier molecular flexibility index (Phi) is 5.20. The van der Waals surface area contributed by atoms with Gasteiger partial charge in [-0.05, 0) is 31.9 Å². The summed E-state index contributed by atoms with van der Waals surface area (Å²) < 4.78 is 0. The molecule has 0 atom stereocenters. The van der Waals surface area contributed by atoms with Gasteiger partial charge >= 0.3 is 0 Å². The third-order valence-corrected chi connectivity index (χ3v) is 4.12. The van der Waals surface area contributed by atoms with E-state index in [9.17, 15) is 4.79 Å². The molecule has 20 heavy (non-hydrogen) atoms. The van der Waals surface area contributed by atoms with Gasteiger partial charge in [0, 0.05) is 12.6 Å². The number of anilines is 1. The minimum Gasteiger partial charge on any atom is -0.335 e. The largest absolute Gasteiger partial charge is 0.335 e. The molecule has 5 nitrogen and oxygen atoms in total. The first-order chi connectivity index (χ1) is 9.67. The summed E-state index contributed by atoms with van der Waals surface area (Å²) in [6.07, 6.45) is 5.74. The maximum atomic E-state index is 12.7. The fourth-order valence-electron chi connectivity index (χ4n) is 2.77. The zero-order chi connectivity index (χ0) is 14.5. The van der Waals surface area contributed by atoms with Crippen LogP contribution in [0.15, 0.2) is 12.1 Å². The topological polar surface area (TPSA) is 71.2 Å². The van der Waals surface area contributed by atoms with E-state index in [0.717, 1.165) is 12.8 Å². The average Bonchev–Trinajstić information content (AvgIpc) is 2.49. The van der Waals surface area contributed by atoms with E-state index in [-0.39, 0.29) is 11.6 Å². The van der Waals surface area contributed by atoms with Crippen LogP contribution in [-0.2, 0) is 0 Å². The molecule has 1 fully saturated rings. The normalized spacial score (nSPS) is 15.9. The van der Waals surface area contributed by atoms with Gasteiger partial charge in [0.2, 0.25) is 0 Å². The van der Waals surface area contributed by atoms with E-state index in [1.165, 1.54) is 19.3 Å². The van der Waals surface area contributed by atoms with Gasteiger partial charge in [-0.2, -0.15) is 0 Å². The van der Waals surface area contributed by atoms with Crippen molar-refractivity contribution < 1.29 is 4.79 Å². The predicted octanol–water partition coefficient (Wildman–Crippen LogP) is 2.82. The Bertz CT molecular complexity index is 474. The summed E-state index contributed by atoms with van der Waals surface area (Å²) in [5.41, 5.74) is 2.72. The molecule has 6 heteroatoms. The number of carbonyl (C=O) groups excluding carboxylic acids is 1. The Balaban J connectivity index is 2.23. The molecule has 0 aliphatic heterocycles. The van der Waals surface area contributed by atoms with Gasteiger partial charge in [-0.15, -0.1) is 0 Å². The Hall–Kier alpha value is -1.33. The van der Waals surface area contributed by atoms with Gasteiger partial charge in [0.25, 0.3) is 5.91 Å². The monoisotopic (exact) mass is 296 g/mol. The molecule has 2 rings (SSSR count). The first kappa shape index (κ1) is 15.1. The van der Waals surface area contributed by atoms with Gasteiger partial charge in [-0.1, -0.05) is 30.9 Å². The zero-order valence-corrected chi connectivity index (χ0v) is 12.5. The second-order valence-corrected chi connectivity index (χ2v) is 5.46. The first-order valence-electron chi connectivity index (χ1n) is 7.11. The van der Waals surface area contributed by atoms with Crippen LogP contribution in [0.5, 0.6) is 0 Å². The van der Waals surface area contributed by atoms with Crippen molar-refractivity contribution >= 4 is 23.3 Å². The number of hydrogen-bond acceptors (Lipinski definition) is 4. The lowest BCUT2D eigenvalue weighted by Gasteiger charge is -2.33. The molecule has 0 radical (unpaired) electrons. The summed E-state index contributed by atoms with van der Waals surface area (Å²) in [5.74, 6) is 5.67. The summed E-state index contributed by atoms with van der Waals surface area (Å²) in [5, 5.41) is 0.364. The summed E-state index contributed by atoms with van der Waals surface area (Å²) >= 11 is 6.11. The number of pyridine rings is 1. The number of nitrogens with one attached hydrogen (secondary N) is 1. The summed E-state index contributed by atoms with van der Waals surface area (Å²) in [6.45, 7) is 2.66. The molecule has 1 aliphatic rings. The highest BCUT2D eigenvalue weighted by atomic mass is 35.5. The van der Waals surface area contributed by atoms with Crippen LogP contribution >= 0.6 is 11.6 Å². The molecule has 1 aromatic heterocycles. The molecule has 0 spiro atoms. The molecule has 0 saturated heterocycles. The van der Waals surface area contributed by atoms with Crippen molar-refractivity contribution in [2.45, 2.75) is 45.1 Å². The number of hydrazine groups is 1. The minimum atomic E-state index is -0.110. The number of nitrogens with zero attached hydrogens (tertiary/aromatic N) is 2. The van der Waals surface area contributed by atoms with Crippen molar-refractivity contribution in [2.75, 3.05) is 12.0 Å². The van der Waals surface area contributed by atoms with Crippen molar-refractivity contribution in [3.63, 3.8) is 0 Å². The number of nitrogens with two attached hydrogens (primary N) is 1. The van der Waals surface area contributed by atoms with Gasteiger partial charge in [0.1, 0.15) is 11.5 Å². The number of amides is 1. The van der Waals surface area contributed by atoms with E-state index in [2.05, 4.69) is 10.4 Å². The molecular formula is C14H21ClN4O. The molecule has 1 saturated carbocycles. The predicted molar refractivity (Wildman–Crippen MR) is 80.6 cm³/mol. The third kappa shape index (κ3) is 3.22. The summed E-state index contributed by atoms with van der Waals surface area (Å²) in [4.78, 5) is 18.8. The van der Waals surface area contributed by atoms with Crippen LogP contribution in [0.25, 0.3) is 0 Å². The van der Waals surface area contributed by atoms with E-state index in [1.54, 1.807) is 12.1 Å². The van der Waals surface area contributed by atoms with Crippen LogP contribution in [-0.4, -0.2) is 28.4 Å². The Morgan fingerprint density at radius 2 is 2.15 bits per heavy atom. The molecule has 3 N–H and O–H groups in total. The van der Waals surface area contributed by atoms with Crippen molar-refractivity contribution in [2.24, 2.45) is 5.84 Å². The van der Waals surface area contributed by atoms with E-state index in [4.69, 9.17) is 17.4 Å². The van der Waals surface area contributed by atoms with Gasteiger partial charge in [-0.25, -0.2) is 10.8 Å². The van der Waals surface area contributed by atoms with E-state index < -0.39 is 0 Å². The van der Waals surface area contributed by atoms with Crippen molar-refractivity contribution in [1.29, 1.82) is 0 Å². The molecule has 1 aliphatic carbocycles. The van der Waals surface area contributed by atoms with Crippen LogP contribution in [0.1, 0.15) is 49.5 Å². The molecule has 1 amide bonds. The maximum Gasteiger partial charge on any atom is 0.274 e. The lowest BCUT2D eigenvalue weighted by Crippen LogP contribution is -2.41. The van der Waals surface area contributed by atoms with E-state index in [1.807, 2.05) is 11.8 Å². The lowest BCUT2D eigenvalue weighted by molar-refractivity contribution is 0.0642. The zero-order valence-electron chi connectivity index (χ0n) is 11.7. The SMILES string of the molecule is CCN(C(=O)c1nc(NN)ccc1Cl)C1CCCCC1. The highest BCUT2D eigenvalue weighted by molar-refractivity contribution is 6.33. The number of rotatable bonds is 4. The van der Waals surface area contributed by atoms with Gasteiger partial charge in [0.05, 0.1) is 5.02 Å². The fourth-order valence-corrected chi connectivity index (χ4v) is 2.95. The summed E-state index contributed by atoms with van der Waals surface area (Å²) in [7, 11) is 0. The van der Waals surface area contributed by atoms with Crippen LogP contribution in [0, 0.1) is 0 Å². The van der Waals surface area contributed by atoms with Gasteiger partial charge in [-0.3, -0.25) is 4.79 Å². The van der Waals surface area contributed by atoms with Crippen molar-refractivity contribution in [1.82, 2.24) is 9.88 Å². The average molecular weight is 297 g/mol. The number of halogens is 1. The highest BCUT2D eigenvalue weighted by Crippen LogP contribution is 2.25. The van der Waals surface area contributed by atoms with Crippen molar-refractivity contribution in [3.8, 4) is 0 Å². The van der Waals surface area contributed by atoms with Crippen LogP contribution in [0.3, 0.4) is 0 Å². The lowest BCUT2D eigenvalue weighted by atomic mass is 9.94. The standard InChI is InChI=1S/C14H21ClN4O/c1-2-19(10-6-4-3-5-7-10)14(20)13-11(15)8-9-12(17-13)18-16/h8-10H,2-7,16H2,1H3,(H,17,18).